The number of fused-ring (bicyclic) bond motifs is 3. The summed E-state index contributed by atoms with van der Waals surface area (Å²) in [6.07, 6.45) is 8.14. The van der Waals surface area contributed by atoms with Gasteiger partial charge >= 0.3 is 6.01 Å². The molecular weight excluding hydrogens is 873 g/mol. The Hall–Kier alpha value is -6.98. The number of imide groups is 2. The van der Waals surface area contributed by atoms with Crippen LogP contribution in [0.2, 0.25) is 0 Å². The van der Waals surface area contributed by atoms with Crippen molar-refractivity contribution in [2.24, 2.45) is 5.92 Å². The molecule has 3 aromatic heterocycles. The van der Waals surface area contributed by atoms with Crippen LogP contribution >= 0.6 is 0 Å². The largest absolute Gasteiger partial charge is 0.459 e. The predicted octanol–water partition coefficient (Wildman–Crippen LogP) is 5.65. The summed E-state index contributed by atoms with van der Waals surface area (Å²) >= 11 is 0. The molecule has 4 fully saturated rings. The quantitative estimate of drug-likeness (QED) is 0.128. The highest BCUT2D eigenvalue weighted by atomic mass is 16.5. The van der Waals surface area contributed by atoms with Crippen LogP contribution in [0, 0.1) is 5.92 Å². The monoisotopic (exact) mass is 930 g/mol. The number of pyridine rings is 1. The lowest BCUT2D eigenvalue weighted by Crippen LogP contribution is -2.54. The number of hydrogen-bond acceptors (Lipinski definition) is 14. The number of benzene rings is 3. The minimum absolute atomic E-state index is 0.0200. The third kappa shape index (κ3) is 8.84. The van der Waals surface area contributed by atoms with Crippen molar-refractivity contribution in [3.63, 3.8) is 0 Å². The third-order valence-corrected chi connectivity index (χ3v) is 14.6. The first kappa shape index (κ1) is 44.5. The van der Waals surface area contributed by atoms with E-state index in [1.165, 1.54) is 5.69 Å². The molecule has 0 aliphatic carbocycles. The summed E-state index contributed by atoms with van der Waals surface area (Å²) < 4.78 is 8.11. The Morgan fingerprint density at radius 1 is 0.812 bits per heavy atom. The van der Waals surface area contributed by atoms with Crippen LogP contribution in [-0.2, 0) is 16.1 Å². The molecule has 5 aliphatic heterocycles. The molecule has 0 bridgehead atoms. The van der Waals surface area contributed by atoms with E-state index in [0.717, 1.165) is 134 Å². The number of carbonyl (C=O) groups excluding carboxylic acids is 4. The summed E-state index contributed by atoms with van der Waals surface area (Å²) in [5, 5.41) is 16.2. The number of anilines is 3. The van der Waals surface area contributed by atoms with E-state index < -0.39 is 23.8 Å². The highest BCUT2D eigenvalue weighted by Crippen LogP contribution is 2.35. The molecule has 5 aliphatic rings. The number of rotatable bonds is 12. The average Bonchev–Trinajstić information content (AvgIpc) is 3.91. The Morgan fingerprint density at radius 3 is 2.39 bits per heavy atom. The minimum atomic E-state index is -0.968. The van der Waals surface area contributed by atoms with E-state index in [2.05, 4.69) is 98.1 Å². The number of aromatic nitrogens is 5. The molecule has 69 heavy (non-hydrogen) atoms. The van der Waals surface area contributed by atoms with Crippen LogP contribution in [0.4, 0.5) is 17.3 Å². The average molecular weight is 931 g/mol. The van der Waals surface area contributed by atoms with E-state index >= 15 is 0 Å². The number of piperazine rings is 1. The Balaban J connectivity index is 0.710. The molecule has 0 radical (unpaired) electrons. The molecule has 0 spiro atoms. The van der Waals surface area contributed by atoms with Crippen molar-refractivity contribution in [1.29, 1.82) is 0 Å². The summed E-state index contributed by atoms with van der Waals surface area (Å²) in [4.78, 5) is 73.9. The first-order valence-corrected chi connectivity index (χ1v) is 24.6. The molecule has 3 N–H and O–H groups in total. The molecular formula is C52H58N12O5. The van der Waals surface area contributed by atoms with Crippen LogP contribution in [0.15, 0.2) is 79.1 Å². The SMILES string of the molecule is CC(C)c1cnn2c(NCc3ccccc3-c3nccc4cc(N5CCN(CC6CCN(c7ccc8c(c7)C(=O)N(C7CCC(=O)NC7=O)C8=O)CC6)CC5)ccc34)nc(O[C@@H]3CCCNC3)nc12. The Labute approximate surface area is 400 Å². The summed E-state index contributed by atoms with van der Waals surface area (Å²) in [6.45, 7) is 13.2. The molecule has 6 aromatic rings. The maximum atomic E-state index is 13.4. The fourth-order valence-electron chi connectivity index (χ4n) is 10.8. The third-order valence-electron chi connectivity index (χ3n) is 14.6. The second kappa shape index (κ2) is 18.8. The summed E-state index contributed by atoms with van der Waals surface area (Å²) in [6, 6.07) is 22.1. The van der Waals surface area contributed by atoms with Crippen LogP contribution in [0.1, 0.15) is 90.1 Å². The lowest BCUT2D eigenvalue weighted by molar-refractivity contribution is -0.136. The van der Waals surface area contributed by atoms with Gasteiger partial charge in [-0.1, -0.05) is 44.2 Å². The molecule has 0 saturated carbocycles. The van der Waals surface area contributed by atoms with E-state index in [4.69, 9.17) is 19.7 Å². The Morgan fingerprint density at radius 2 is 1.59 bits per heavy atom. The molecule has 8 heterocycles. The van der Waals surface area contributed by atoms with Crippen LogP contribution in [0.3, 0.4) is 0 Å². The Bertz CT molecular complexity index is 2950. The maximum absolute atomic E-state index is 13.4. The number of ether oxygens (including phenoxy) is 1. The number of hydrogen-bond donors (Lipinski definition) is 3. The van der Waals surface area contributed by atoms with Gasteiger partial charge in [0.05, 0.1) is 23.0 Å². The smallest absolute Gasteiger partial charge is 0.322 e. The minimum Gasteiger partial charge on any atom is -0.459 e. The zero-order valence-electron chi connectivity index (χ0n) is 39.2. The van der Waals surface area contributed by atoms with Gasteiger partial charge in [0.1, 0.15) is 12.1 Å². The predicted molar refractivity (Wildman–Crippen MR) is 263 cm³/mol. The van der Waals surface area contributed by atoms with E-state index in [9.17, 15) is 19.2 Å². The second-order valence-corrected chi connectivity index (χ2v) is 19.4. The summed E-state index contributed by atoms with van der Waals surface area (Å²) in [5.74, 6) is -0.545. The molecule has 3 aromatic carbocycles. The van der Waals surface area contributed by atoms with Crippen molar-refractivity contribution < 1.29 is 23.9 Å². The van der Waals surface area contributed by atoms with Gasteiger partial charge in [0.2, 0.25) is 17.8 Å². The Kier molecular flexibility index (Phi) is 12.2. The normalized spacial score (nSPS) is 20.6. The van der Waals surface area contributed by atoms with Gasteiger partial charge < -0.3 is 25.2 Å². The van der Waals surface area contributed by atoms with Crippen LogP contribution in [0.25, 0.3) is 27.7 Å². The van der Waals surface area contributed by atoms with E-state index in [-0.39, 0.29) is 30.8 Å². The lowest BCUT2D eigenvalue weighted by atomic mass is 9.95. The molecule has 356 valence electrons. The number of nitrogens with one attached hydrogen (secondary N) is 3. The van der Waals surface area contributed by atoms with Crippen LogP contribution in [-0.4, -0.2) is 129 Å². The molecule has 2 atom stereocenters. The van der Waals surface area contributed by atoms with E-state index in [0.29, 0.717) is 35.5 Å². The topological polar surface area (TPSA) is 183 Å². The van der Waals surface area contributed by atoms with Gasteiger partial charge in [-0.3, -0.25) is 39.3 Å². The van der Waals surface area contributed by atoms with Gasteiger partial charge in [0.15, 0.2) is 5.65 Å². The van der Waals surface area contributed by atoms with Gasteiger partial charge in [0, 0.05) is 99.4 Å². The number of carbonyl (C=O) groups is 4. The van der Waals surface area contributed by atoms with Gasteiger partial charge in [-0.05, 0) is 97.8 Å². The van der Waals surface area contributed by atoms with E-state index in [1.54, 1.807) is 16.6 Å². The van der Waals surface area contributed by atoms with E-state index in [1.807, 2.05) is 18.5 Å². The zero-order chi connectivity index (χ0) is 47.2. The second-order valence-electron chi connectivity index (χ2n) is 19.4. The van der Waals surface area contributed by atoms with Crippen molar-refractivity contribution in [2.75, 3.05) is 74.0 Å². The number of nitrogens with zero attached hydrogens (tertiary/aromatic N) is 9. The number of amides is 4. The number of piperidine rings is 3. The maximum Gasteiger partial charge on any atom is 0.322 e. The lowest BCUT2D eigenvalue weighted by Gasteiger charge is -2.40. The summed E-state index contributed by atoms with van der Waals surface area (Å²) in [7, 11) is 0. The van der Waals surface area contributed by atoms with Crippen LogP contribution in [0.5, 0.6) is 6.01 Å². The highest BCUT2D eigenvalue weighted by molar-refractivity contribution is 6.23. The standard InChI is InChI=1S/C52H58N12O5/c1-32(2)43-30-56-64-47(43)58-52(69-38-7-5-18-53-29-38)59-51(64)55-28-35-6-3-4-8-39(35)46-40-11-9-36(26-34(40)15-19-54-46)62-24-22-60(23-25-62)31-33-16-20-61(21-17-33)37-10-12-41-42(27-37)50(68)63(49(41)67)44-13-14-45(65)57-48(44)66/h3-4,6,8-12,15,19,26-27,30,32-33,38,44,53H,5,7,13-14,16-18,20-25,28-29,31H2,1-2H3,(H,55,58,59)(H,57,65,66)/t38-,44?/m1/s1. The summed E-state index contributed by atoms with van der Waals surface area (Å²) in [5.41, 5.74) is 7.63. The van der Waals surface area contributed by atoms with Gasteiger partial charge in [-0.2, -0.15) is 19.6 Å². The molecule has 11 rings (SSSR count). The van der Waals surface area contributed by atoms with Gasteiger partial charge in [0.25, 0.3) is 11.8 Å². The molecule has 4 amide bonds. The van der Waals surface area contributed by atoms with Crippen molar-refractivity contribution >= 4 is 57.4 Å². The highest BCUT2D eigenvalue weighted by Gasteiger charge is 2.45. The van der Waals surface area contributed by atoms with Gasteiger partial charge in [-0.15, -0.1) is 0 Å². The van der Waals surface area contributed by atoms with Crippen LogP contribution < -0.4 is 30.5 Å². The van der Waals surface area contributed by atoms with Crippen molar-refractivity contribution in [3.8, 4) is 17.3 Å². The zero-order valence-corrected chi connectivity index (χ0v) is 39.2. The fourth-order valence-corrected chi connectivity index (χ4v) is 10.8. The molecule has 1 unspecified atom stereocenters. The van der Waals surface area contributed by atoms with Gasteiger partial charge in [-0.25, -0.2) is 0 Å². The molecule has 4 saturated heterocycles. The van der Waals surface area contributed by atoms with Crippen molar-refractivity contribution in [1.82, 2.24) is 45.0 Å². The van der Waals surface area contributed by atoms with Crippen molar-refractivity contribution in [2.45, 2.75) is 77.0 Å². The molecule has 17 heteroatoms. The first-order chi connectivity index (χ1) is 33.6. The first-order valence-electron chi connectivity index (χ1n) is 24.6. The fraction of sp³-hybridized carbons (Fsp3) is 0.423. The molecule has 17 nitrogen and oxygen atoms in total. The van der Waals surface area contributed by atoms with Crippen molar-refractivity contribution in [3.05, 3.63) is 101 Å².